The lowest BCUT2D eigenvalue weighted by Crippen LogP contribution is -2.18. The van der Waals surface area contributed by atoms with Gasteiger partial charge < -0.3 is 9.88 Å². The number of aromatic nitrogens is 2. The van der Waals surface area contributed by atoms with Gasteiger partial charge in [0, 0.05) is 17.8 Å². The van der Waals surface area contributed by atoms with Crippen LogP contribution in [0.25, 0.3) is 11.0 Å². The molecule has 0 aliphatic heterocycles. The Morgan fingerprint density at radius 3 is 2.62 bits per heavy atom. The van der Waals surface area contributed by atoms with E-state index in [1.54, 1.807) is 29.7 Å². The zero-order valence-corrected chi connectivity index (χ0v) is 13.7. The Labute approximate surface area is 140 Å². The zero-order chi connectivity index (χ0) is 17.1. The molecule has 0 saturated heterocycles. The van der Waals surface area contributed by atoms with Crippen molar-refractivity contribution in [1.82, 2.24) is 15.0 Å². The number of aryl methyl sites for hydroxylation is 2. The maximum atomic E-state index is 11.4. The van der Waals surface area contributed by atoms with Crippen molar-refractivity contribution in [2.45, 2.75) is 26.8 Å². The Bertz CT molecular complexity index is 869. The van der Waals surface area contributed by atoms with Crippen molar-refractivity contribution in [2.75, 3.05) is 5.32 Å². The number of hydrogen-bond acceptors (Lipinski definition) is 4. The van der Waals surface area contributed by atoms with E-state index in [2.05, 4.69) is 41.9 Å². The summed E-state index contributed by atoms with van der Waals surface area (Å²) in [5, 5.41) is 12.0. The molecule has 3 rings (SSSR count). The van der Waals surface area contributed by atoms with Crippen molar-refractivity contribution in [2.24, 2.45) is 0 Å². The summed E-state index contributed by atoms with van der Waals surface area (Å²) in [7, 11) is 0. The van der Waals surface area contributed by atoms with Crippen LogP contribution in [0.1, 0.15) is 29.3 Å². The fourth-order valence-corrected chi connectivity index (χ4v) is 2.68. The van der Waals surface area contributed by atoms with E-state index < -0.39 is 5.91 Å². The van der Waals surface area contributed by atoms with Gasteiger partial charge in [0.1, 0.15) is 0 Å². The number of carbonyl (C=O) groups is 1. The number of hydrogen-bond donors (Lipinski definition) is 3. The third-order valence-electron chi connectivity index (χ3n) is 3.86. The van der Waals surface area contributed by atoms with Crippen molar-refractivity contribution in [3.05, 3.63) is 53.6 Å². The van der Waals surface area contributed by atoms with Crippen molar-refractivity contribution in [3.8, 4) is 0 Å². The van der Waals surface area contributed by atoms with Gasteiger partial charge in [-0.3, -0.25) is 10.0 Å². The molecule has 0 radical (unpaired) electrons. The van der Waals surface area contributed by atoms with Gasteiger partial charge in [-0.2, -0.15) is 0 Å². The maximum absolute atomic E-state index is 11.4. The summed E-state index contributed by atoms with van der Waals surface area (Å²) in [5.41, 5.74) is 6.07. The molecule has 0 fully saturated rings. The molecule has 2 aromatic carbocycles. The summed E-state index contributed by atoms with van der Waals surface area (Å²) in [6.07, 6.45) is 1.00. The summed E-state index contributed by atoms with van der Waals surface area (Å²) in [6, 6.07) is 13.1. The number of amides is 1. The Kier molecular flexibility index (Phi) is 4.48. The van der Waals surface area contributed by atoms with Crippen molar-refractivity contribution < 1.29 is 10.0 Å². The Morgan fingerprint density at radius 2 is 1.96 bits per heavy atom. The summed E-state index contributed by atoms with van der Waals surface area (Å²) in [4.78, 5) is 16.1. The topological polar surface area (TPSA) is 79.2 Å². The maximum Gasteiger partial charge on any atom is 0.274 e. The summed E-state index contributed by atoms with van der Waals surface area (Å²) in [5.74, 6) is 0.243. The molecule has 0 unspecified atom stereocenters. The van der Waals surface area contributed by atoms with E-state index in [-0.39, 0.29) is 0 Å². The Balaban J connectivity index is 1.94. The molecule has 0 bridgehead atoms. The first kappa shape index (κ1) is 16.0. The minimum Gasteiger partial charge on any atom is -0.326 e. The summed E-state index contributed by atoms with van der Waals surface area (Å²) in [6.45, 7) is 5.05. The first-order valence-electron chi connectivity index (χ1n) is 7.90. The second-order valence-corrected chi connectivity index (χ2v) is 5.72. The third-order valence-corrected chi connectivity index (χ3v) is 3.86. The van der Waals surface area contributed by atoms with E-state index in [4.69, 9.17) is 10.2 Å². The van der Waals surface area contributed by atoms with Gasteiger partial charge in [-0.15, -0.1) is 0 Å². The number of rotatable bonds is 5. The van der Waals surface area contributed by atoms with E-state index in [9.17, 15) is 4.79 Å². The lowest BCUT2D eigenvalue weighted by Gasteiger charge is -2.10. The first-order valence-corrected chi connectivity index (χ1v) is 7.90. The molecule has 0 aliphatic carbocycles. The lowest BCUT2D eigenvalue weighted by molar-refractivity contribution is 0.0706. The highest BCUT2D eigenvalue weighted by Gasteiger charge is 2.11. The lowest BCUT2D eigenvalue weighted by atomic mass is 10.2. The highest BCUT2D eigenvalue weighted by molar-refractivity contribution is 5.93. The van der Waals surface area contributed by atoms with E-state index in [0.717, 1.165) is 35.6 Å². The Morgan fingerprint density at radius 1 is 1.21 bits per heavy atom. The molecule has 0 saturated carbocycles. The fourth-order valence-electron chi connectivity index (χ4n) is 2.68. The fraction of sp³-hybridized carbons (Fsp3) is 0.222. The number of fused-ring (bicyclic) bond motifs is 1. The van der Waals surface area contributed by atoms with Crippen LogP contribution < -0.4 is 10.8 Å². The molecule has 24 heavy (non-hydrogen) atoms. The van der Waals surface area contributed by atoms with Crippen molar-refractivity contribution >= 4 is 28.6 Å². The number of benzene rings is 2. The van der Waals surface area contributed by atoms with Crippen LogP contribution in [-0.4, -0.2) is 20.7 Å². The van der Waals surface area contributed by atoms with E-state index in [0.29, 0.717) is 5.56 Å². The summed E-state index contributed by atoms with van der Waals surface area (Å²) >= 11 is 0. The van der Waals surface area contributed by atoms with Gasteiger partial charge in [0.25, 0.3) is 5.91 Å². The van der Waals surface area contributed by atoms with E-state index >= 15 is 0 Å². The second kappa shape index (κ2) is 6.72. The first-order chi connectivity index (χ1) is 11.6. The SMILES string of the molecule is CCCn1c(Nc2ccc(C(=O)NO)cc2)nc2cc(C)ccc21. The van der Waals surface area contributed by atoms with Crippen LogP contribution in [0.3, 0.4) is 0 Å². The van der Waals surface area contributed by atoms with Gasteiger partial charge in [0.05, 0.1) is 11.0 Å². The molecule has 3 N–H and O–H groups in total. The largest absolute Gasteiger partial charge is 0.326 e. The average Bonchev–Trinajstić information content (AvgIpc) is 2.91. The molecule has 0 atom stereocenters. The van der Waals surface area contributed by atoms with Gasteiger partial charge >= 0.3 is 0 Å². The van der Waals surface area contributed by atoms with Gasteiger partial charge in [0.15, 0.2) is 0 Å². The predicted molar refractivity (Wildman–Crippen MR) is 93.7 cm³/mol. The van der Waals surface area contributed by atoms with Gasteiger partial charge in [-0.1, -0.05) is 13.0 Å². The molecule has 3 aromatic rings. The van der Waals surface area contributed by atoms with Crippen LogP contribution in [0, 0.1) is 6.92 Å². The molecular weight excluding hydrogens is 304 g/mol. The van der Waals surface area contributed by atoms with E-state index in [1.807, 2.05) is 0 Å². The molecular formula is C18H20N4O2. The number of anilines is 2. The molecule has 1 aromatic heterocycles. The smallest absolute Gasteiger partial charge is 0.274 e. The second-order valence-electron chi connectivity index (χ2n) is 5.72. The zero-order valence-electron chi connectivity index (χ0n) is 13.7. The van der Waals surface area contributed by atoms with Crippen LogP contribution >= 0.6 is 0 Å². The molecule has 6 heteroatoms. The molecule has 0 spiro atoms. The normalized spacial score (nSPS) is 10.8. The molecule has 0 aliphatic rings. The highest BCUT2D eigenvalue weighted by Crippen LogP contribution is 2.24. The standard InChI is InChI=1S/C18H20N4O2/c1-3-10-22-16-9-4-12(2)11-15(16)20-18(22)19-14-7-5-13(6-8-14)17(23)21-24/h4-9,11,24H,3,10H2,1-2H3,(H,19,20)(H,21,23). The van der Waals surface area contributed by atoms with Gasteiger partial charge in [0.2, 0.25) is 5.95 Å². The van der Waals surface area contributed by atoms with Crippen LogP contribution in [0.2, 0.25) is 0 Å². The van der Waals surface area contributed by atoms with E-state index in [1.165, 1.54) is 5.56 Å². The number of nitrogens with zero attached hydrogens (tertiary/aromatic N) is 2. The quantitative estimate of drug-likeness (QED) is 0.495. The average molecular weight is 324 g/mol. The number of carbonyl (C=O) groups excluding carboxylic acids is 1. The van der Waals surface area contributed by atoms with Crippen LogP contribution in [-0.2, 0) is 6.54 Å². The highest BCUT2D eigenvalue weighted by atomic mass is 16.5. The minimum atomic E-state index is -0.532. The molecule has 1 amide bonds. The minimum absolute atomic E-state index is 0.390. The number of hydroxylamine groups is 1. The van der Waals surface area contributed by atoms with Crippen LogP contribution in [0.5, 0.6) is 0 Å². The van der Waals surface area contributed by atoms with Crippen LogP contribution in [0.15, 0.2) is 42.5 Å². The van der Waals surface area contributed by atoms with Gasteiger partial charge in [-0.05, 0) is 55.3 Å². The molecule has 6 nitrogen and oxygen atoms in total. The number of nitrogens with one attached hydrogen (secondary N) is 2. The molecule has 124 valence electrons. The van der Waals surface area contributed by atoms with Crippen molar-refractivity contribution in [1.29, 1.82) is 0 Å². The van der Waals surface area contributed by atoms with Gasteiger partial charge in [-0.25, -0.2) is 10.5 Å². The predicted octanol–water partition coefficient (Wildman–Crippen LogP) is 3.62. The third kappa shape index (κ3) is 3.09. The summed E-state index contributed by atoms with van der Waals surface area (Å²) < 4.78 is 2.16. The molecule has 1 heterocycles. The monoisotopic (exact) mass is 324 g/mol. The van der Waals surface area contributed by atoms with Crippen molar-refractivity contribution in [3.63, 3.8) is 0 Å². The Hall–Kier alpha value is -2.86. The number of imidazole rings is 1. The van der Waals surface area contributed by atoms with Crippen LogP contribution in [0.4, 0.5) is 11.6 Å².